The van der Waals surface area contributed by atoms with Crippen molar-refractivity contribution in [3.63, 3.8) is 0 Å². The van der Waals surface area contributed by atoms with Gasteiger partial charge >= 0.3 is 5.69 Å². The fourth-order valence-electron chi connectivity index (χ4n) is 1.78. The summed E-state index contributed by atoms with van der Waals surface area (Å²) in [6.45, 7) is -0.639. The zero-order valence-corrected chi connectivity index (χ0v) is 10.4. The maximum absolute atomic E-state index is 13.7. The van der Waals surface area contributed by atoms with Gasteiger partial charge in [0.05, 0.1) is 17.8 Å². The molecule has 2 rings (SSSR count). The molecule has 9 heteroatoms. The second-order valence-corrected chi connectivity index (χ2v) is 4.40. The predicted octanol–water partition coefficient (Wildman–Crippen LogP) is 0.195. The molecule has 0 aliphatic carbocycles. The minimum atomic E-state index is -1.84. The van der Waals surface area contributed by atoms with Crippen LogP contribution in [0.4, 0.5) is 14.6 Å². The van der Waals surface area contributed by atoms with Crippen LogP contribution in [0.5, 0.6) is 0 Å². The van der Waals surface area contributed by atoms with Crippen LogP contribution in [0.2, 0.25) is 0 Å². The smallest absolute Gasteiger partial charge is 0.351 e. The number of aliphatic hydroxyl groups is 1. The lowest BCUT2D eigenvalue weighted by molar-refractivity contribution is -0.0324. The summed E-state index contributed by atoms with van der Waals surface area (Å²) in [4.78, 5) is 15.3. The van der Waals surface area contributed by atoms with Gasteiger partial charge in [-0.1, -0.05) is 0 Å². The Kier molecular flexibility index (Phi) is 3.88. The van der Waals surface area contributed by atoms with Gasteiger partial charge in [-0.3, -0.25) is 4.57 Å². The lowest BCUT2D eigenvalue weighted by atomic mass is 10.1. The molecule has 3 N–H and O–H groups in total. The molecule has 0 aromatic carbocycles. The summed E-state index contributed by atoms with van der Waals surface area (Å²) in [6, 6.07) is 0. The number of thiol groups is 1. The maximum atomic E-state index is 13.7. The quantitative estimate of drug-likeness (QED) is 0.677. The molecule has 1 aliphatic rings. The number of ether oxygens (including phenoxy) is 1. The highest BCUT2D eigenvalue weighted by Gasteiger charge is 2.41. The van der Waals surface area contributed by atoms with Gasteiger partial charge in [-0.05, 0) is 0 Å². The van der Waals surface area contributed by atoms with Gasteiger partial charge in [-0.25, -0.2) is 13.6 Å². The number of aliphatic hydroxyl groups excluding tert-OH is 1. The molecular formula is C10H11F2N3O3S. The van der Waals surface area contributed by atoms with E-state index in [1.165, 1.54) is 6.20 Å². The Bertz CT molecular complexity index is 578. The van der Waals surface area contributed by atoms with Crippen LogP contribution in [-0.2, 0) is 4.74 Å². The van der Waals surface area contributed by atoms with Gasteiger partial charge < -0.3 is 15.6 Å². The molecule has 1 saturated heterocycles. The number of nitrogen functional groups attached to an aromatic ring is 1. The molecule has 3 unspecified atom stereocenters. The number of nitrogens with zero attached hydrogens (tertiary/aromatic N) is 2. The third kappa shape index (κ3) is 2.36. The number of halogens is 2. The van der Waals surface area contributed by atoms with Crippen molar-refractivity contribution >= 4 is 18.4 Å². The van der Waals surface area contributed by atoms with Crippen molar-refractivity contribution in [3.8, 4) is 0 Å². The number of alkyl halides is 1. The summed E-state index contributed by atoms with van der Waals surface area (Å²) in [7, 11) is 0. The van der Waals surface area contributed by atoms with Crippen LogP contribution in [0.25, 0.3) is 0 Å². The zero-order chi connectivity index (χ0) is 14.2. The van der Waals surface area contributed by atoms with Gasteiger partial charge in [-0.15, -0.1) is 12.6 Å². The van der Waals surface area contributed by atoms with Crippen molar-refractivity contribution in [2.24, 2.45) is 0 Å². The molecule has 0 radical (unpaired) electrons. The van der Waals surface area contributed by atoms with E-state index in [2.05, 4.69) is 17.6 Å². The first-order chi connectivity index (χ1) is 8.99. The molecule has 1 fully saturated rings. The van der Waals surface area contributed by atoms with Crippen molar-refractivity contribution in [3.05, 3.63) is 28.6 Å². The molecule has 0 spiro atoms. The first-order valence-electron chi connectivity index (χ1n) is 5.27. The number of hydrogen-bond acceptors (Lipinski definition) is 6. The average molecular weight is 291 g/mol. The third-order valence-corrected chi connectivity index (χ3v) is 3.10. The maximum Gasteiger partial charge on any atom is 0.351 e. The topological polar surface area (TPSA) is 90.4 Å². The number of rotatable bonds is 2. The van der Waals surface area contributed by atoms with Crippen molar-refractivity contribution < 1.29 is 18.6 Å². The summed E-state index contributed by atoms with van der Waals surface area (Å²) >= 11 is 3.98. The fourth-order valence-corrected chi connectivity index (χ4v) is 1.95. The second-order valence-electron chi connectivity index (χ2n) is 3.92. The highest BCUT2D eigenvalue weighted by molar-refractivity contribution is 7.80. The van der Waals surface area contributed by atoms with E-state index >= 15 is 0 Å². The molecule has 104 valence electrons. The van der Waals surface area contributed by atoms with Gasteiger partial charge in [0.25, 0.3) is 0 Å². The molecule has 1 aromatic rings. The molecule has 0 amide bonds. The first kappa shape index (κ1) is 14.0. The number of anilines is 1. The van der Waals surface area contributed by atoms with Crippen LogP contribution in [0.15, 0.2) is 27.8 Å². The van der Waals surface area contributed by atoms with Gasteiger partial charge in [0, 0.05) is 11.8 Å². The monoisotopic (exact) mass is 291 g/mol. The Morgan fingerprint density at radius 1 is 1.68 bits per heavy atom. The molecule has 1 aromatic heterocycles. The highest BCUT2D eigenvalue weighted by Crippen LogP contribution is 2.35. The van der Waals surface area contributed by atoms with E-state index in [1.807, 2.05) is 0 Å². The van der Waals surface area contributed by atoms with Crippen LogP contribution in [0, 0.1) is 0 Å². The summed E-state index contributed by atoms with van der Waals surface area (Å²) in [6.07, 6.45) is -3.20. The number of aromatic nitrogens is 2. The Morgan fingerprint density at radius 2 is 2.37 bits per heavy atom. The number of nitrogens with two attached hydrogens (primary N) is 1. The van der Waals surface area contributed by atoms with Crippen LogP contribution in [-0.4, -0.2) is 33.5 Å². The van der Waals surface area contributed by atoms with Crippen molar-refractivity contribution in [1.29, 1.82) is 0 Å². The molecule has 19 heavy (non-hydrogen) atoms. The summed E-state index contributed by atoms with van der Waals surface area (Å²) in [5, 5.41) is 8.93. The minimum absolute atomic E-state index is 0.0198. The normalized spacial score (nSPS) is 29.1. The molecular weight excluding hydrogens is 280 g/mol. The summed E-state index contributed by atoms with van der Waals surface area (Å²) < 4.78 is 32.5. The van der Waals surface area contributed by atoms with E-state index in [4.69, 9.17) is 15.6 Å². The zero-order valence-electron chi connectivity index (χ0n) is 9.53. The standard InChI is InChI=1S/C10H11F2N3O3S/c11-1-4-7(12)5(3-16)18-9(4)15-2-6(19)8(13)14-10(15)17/h1-2,5,7,9,16,19H,3H2,(H2,13,14,17)/b4-1+. The largest absolute Gasteiger partial charge is 0.394 e. The summed E-state index contributed by atoms with van der Waals surface area (Å²) in [5.74, 6) is -0.0936. The van der Waals surface area contributed by atoms with Gasteiger partial charge in [0.2, 0.25) is 0 Å². The Morgan fingerprint density at radius 3 is 2.95 bits per heavy atom. The molecule has 0 bridgehead atoms. The van der Waals surface area contributed by atoms with Crippen LogP contribution < -0.4 is 11.4 Å². The highest BCUT2D eigenvalue weighted by atomic mass is 32.1. The molecule has 2 heterocycles. The van der Waals surface area contributed by atoms with Crippen molar-refractivity contribution in [1.82, 2.24) is 9.55 Å². The van der Waals surface area contributed by atoms with Gasteiger partial charge in [-0.2, -0.15) is 4.98 Å². The second kappa shape index (κ2) is 5.27. The molecule has 3 atom stereocenters. The van der Waals surface area contributed by atoms with E-state index < -0.39 is 36.4 Å². The number of hydrogen-bond donors (Lipinski definition) is 3. The van der Waals surface area contributed by atoms with Gasteiger partial charge in [0.1, 0.15) is 11.9 Å². The molecule has 6 nitrogen and oxygen atoms in total. The van der Waals surface area contributed by atoms with Crippen molar-refractivity contribution in [2.75, 3.05) is 12.3 Å². The van der Waals surface area contributed by atoms with E-state index in [0.29, 0.717) is 0 Å². The summed E-state index contributed by atoms with van der Waals surface area (Å²) in [5.41, 5.74) is 4.16. The van der Waals surface area contributed by atoms with Crippen LogP contribution >= 0.6 is 12.6 Å². The van der Waals surface area contributed by atoms with E-state index in [1.54, 1.807) is 0 Å². The fraction of sp³-hybridized carbons (Fsp3) is 0.400. The van der Waals surface area contributed by atoms with E-state index in [9.17, 15) is 13.6 Å². The van der Waals surface area contributed by atoms with Gasteiger partial charge in [0.15, 0.2) is 12.4 Å². The lowest BCUT2D eigenvalue weighted by Gasteiger charge is -2.15. The van der Waals surface area contributed by atoms with E-state index in [0.717, 1.165) is 4.57 Å². The Hall–Kier alpha value is -1.45. The lowest BCUT2D eigenvalue weighted by Crippen LogP contribution is -2.28. The first-order valence-corrected chi connectivity index (χ1v) is 5.72. The minimum Gasteiger partial charge on any atom is -0.394 e. The third-order valence-electron chi connectivity index (χ3n) is 2.75. The van der Waals surface area contributed by atoms with Crippen molar-refractivity contribution in [2.45, 2.75) is 23.4 Å². The predicted molar refractivity (Wildman–Crippen MR) is 65.2 cm³/mol. The van der Waals surface area contributed by atoms with Crippen LogP contribution in [0.1, 0.15) is 6.23 Å². The SMILES string of the molecule is Nc1nc(=O)n(C2OC(CO)C(F)/C2=C\F)cc1S. The van der Waals surface area contributed by atoms with Crippen LogP contribution in [0.3, 0.4) is 0 Å². The average Bonchev–Trinajstić information content (AvgIpc) is 2.70. The Labute approximate surface area is 111 Å². The molecule has 0 saturated carbocycles. The van der Waals surface area contributed by atoms with E-state index in [-0.39, 0.29) is 17.0 Å². The molecule has 1 aliphatic heterocycles. The Balaban J connectivity index is 2.47.